The third-order valence-electron chi connectivity index (χ3n) is 2.25. The highest BCUT2D eigenvalue weighted by Crippen LogP contribution is 2.24. The number of benzene rings is 1. The van der Waals surface area contributed by atoms with E-state index in [1.54, 1.807) is 25.3 Å². The summed E-state index contributed by atoms with van der Waals surface area (Å²) in [6.45, 7) is 0.647. The van der Waals surface area contributed by atoms with Crippen molar-refractivity contribution < 1.29 is 19.7 Å². The Morgan fingerprint density at radius 1 is 1.19 bits per heavy atom. The summed E-state index contributed by atoms with van der Waals surface area (Å²) in [5, 5.41) is 17.8. The molecule has 0 saturated carbocycles. The number of aliphatic hydroxyl groups excluding tert-OH is 2. The molecule has 1 rings (SSSR count). The highest BCUT2D eigenvalue weighted by Gasteiger charge is 2.04. The van der Waals surface area contributed by atoms with Gasteiger partial charge >= 0.3 is 0 Å². The first-order valence-corrected chi connectivity index (χ1v) is 5.33. The molecule has 0 fully saturated rings. The van der Waals surface area contributed by atoms with Crippen molar-refractivity contribution in [3.8, 4) is 11.5 Å². The number of methoxy groups -OCH3 is 1. The maximum atomic E-state index is 9.12. The summed E-state index contributed by atoms with van der Waals surface area (Å²) in [4.78, 5) is 0. The quantitative estimate of drug-likeness (QED) is 0.689. The second-order valence-corrected chi connectivity index (χ2v) is 3.41. The fraction of sp³-hybridized carbons (Fsp3) is 0.500. The van der Waals surface area contributed by atoms with Crippen molar-refractivity contribution in [2.75, 3.05) is 20.3 Å². The third kappa shape index (κ3) is 3.72. The minimum absolute atomic E-state index is 0.0562. The Bertz CT molecular complexity index is 312. The highest BCUT2D eigenvalue weighted by molar-refractivity contribution is 5.40. The largest absolute Gasteiger partial charge is 0.497 e. The zero-order chi connectivity index (χ0) is 11.8. The maximum Gasteiger partial charge on any atom is 0.128 e. The highest BCUT2D eigenvalue weighted by atomic mass is 16.5. The lowest BCUT2D eigenvalue weighted by Crippen LogP contribution is -2.01. The molecule has 0 aliphatic heterocycles. The van der Waals surface area contributed by atoms with Crippen molar-refractivity contribution in [1.29, 1.82) is 0 Å². The number of hydrogen-bond acceptors (Lipinski definition) is 4. The lowest BCUT2D eigenvalue weighted by atomic mass is 10.2. The molecule has 0 unspecified atom stereocenters. The molecule has 0 bridgehead atoms. The average molecular weight is 226 g/mol. The fourth-order valence-electron chi connectivity index (χ4n) is 1.32. The van der Waals surface area contributed by atoms with E-state index in [0.29, 0.717) is 18.1 Å². The molecular formula is C12H18O4. The van der Waals surface area contributed by atoms with E-state index >= 15 is 0 Å². The summed E-state index contributed by atoms with van der Waals surface area (Å²) in [6, 6.07) is 5.32. The van der Waals surface area contributed by atoms with E-state index in [0.717, 1.165) is 18.4 Å². The molecule has 0 aliphatic carbocycles. The first kappa shape index (κ1) is 12.8. The monoisotopic (exact) mass is 226 g/mol. The number of rotatable bonds is 7. The lowest BCUT2D eigenvalue weighted by molar-refractivity contribution is 0.241. The summed E-state index contributed by atoms with van der Waals surface area (Å²) in [5.74, 6) is 1.34. The predicted octanol–water partition coefficient (Wildman–Crippen LogP) is 1.34. The van der Waals surface area contributed by atoms with E-state index in [-0.39, 0.29) is 13.2 Å². The van der Waals surface area contributed by atoms with Crippen molar-refractivity contribution >= 4 is 0 Å². The van der Waals surface area contributed by atoms with Crippen molar-refractivity contribution in [3.05, 3.63) is 23.8 Å². The molecule has 0 aliphatic rings. The van der Waals surface area contributed by atoms with Gasteiger partial charge < -0.3 is 19.7 Å². The number of aliphatic hydroxyl groups is 2. The molecule has 0 saturated heterocycles. The Morgan fingerprint density at radius 3 is 2.62 bits per heavy atom. The van der Waals surface area contributed by atoms with Gasteiger partial charge in [0, 0.05) is 18.2 Å². The van der Waals surface area contributed by atoms with Crippen molar-refractivity contribution in [2.45, 2.75) is 19.4 Å². The number of ether oxygens (including phenoxy) is 2. The van der Waals surface area contributed by atoms with Gasteiger partial charge in [-0.25, -0.2) is 0 Å². The molecular weight excluding hydrogens is 208 g/mol. The van der Waals surface area contributed by atoms with Gasteiger partial charge in [-0.3, -0.25) is 0 Å². The Kier molecular flexibility index (Phi) is 5.67. The molecule has 0 atom stereocenters. The molecule has 4 nitrogen and oxygen atoms in total. The van der Waals surface area contributed by atoms with E-state index in [4.69, 9.17) is 19.7 Å². The van der Waals surface area contributed by atoms with Crippen LogP contribution in [0.1, 0.15) is 18.4 Å². The van der Waals surface area contributed by atoms with Crippen LogP contribution in [-0.2, 0) is 6.61 Å². The topological polar surface area (TPSA) is 58.9 Å². The Labute approximate surface area is 95.4 Å². The normalized spacial score (nSPS) is 10.2. The van der Waals surface area contributed by atoms with Gasteiger partial charge in [0.25, 0.3) is 0 Å². The van der Waals surface area contributed by atoms with E-state index in [1.165, 1.54) is 0 Å². The lowest BCUT2D eigenvalue weighted by Gasteiger charge is -2.11. The summed E-state index contributed by atoms with van der Waals surface area (Å²) < 4.78 is 10.6. The van der Waals surface area contributed by atoms with Crippen LogP contribution >= 0.6 is 0 Å². The van der Waals surface area contributed by atoms with Crippen LogP contribution in [-0.4, -0.2) is 30.5 Å². The molecule has 1 aromatic carbocycles. The van der Waals surface area contributed by atoms with E-state index in [1.807, 2.05) is 0 Å². The molecule has 0 spiro atoms. The third-order valence-corrected chi connectivity index (χ3v) is 2.25. The minimum atomic E-state index is -0.0562. The van der Waals surface area contributed by atoms with Crippen molar-refractivity contribution in [2.24, 2.45) is 0 Å². The van der Waals surface area contributed by atoms with Crippen LogP contribution in [0.25, 0.3) is 0 Å². The molecule has 0 radical (unpaired) electrons. The standard InChI is InChI=1S/C12H18O4/c1-15-11-5-4-10(9-14)12(8-11)16-7-3-2-6-13/h4-5,8,13-14H,2-3,6-7,9H2,1H3. The summed E-state index contributed by atoms with van der Waals surface area (Å²) in [6.07, 6.45) is 1.51. The van der Waals surface area contributed by atoms with Gasteiger partial charge in [0.05, 0.1) is 20.3 Å². The predicted molar refractivity (Wildman–Crippen MR) is 60.7 cm³/mol. The number of unbranched alkanes of at least 4 members (excludes halogenated alkanes) is 1. The molecule has 4 heteroatoms. The SMILES string of the molecule is COc1ccc(CO)c(OCCCCO)c1. The van der Waals surface area contributed by atoms with Crippen LogP contribution in [0, 0.1) is 0 Å². The van der Waals surface area contributed by atoms with Gasteiger partial charge in [-0.1, -0.05) is 0 Å². The van der Waals surface area contributed by atoms with Crippen LogP contribution in [0.15, 0.2) is 18.2 Å². The molecule has 2 N–H and O–H groups in total. The Hall–Kier alpha value is -1.26. The minimum Gasteiger partial charge on any atom is -0.497 e. The molecule has 16 heavy (non-hydrogen) atoms. The van der Waals surface area contributed by atoms with Gasteiger partial charge in [0.1, 0.15) is 11.5 Å². The summed E-state index contributed by atoms with van der Waals surface area (Å²) >= 11 is 0. The first-order valence-electron chi connectivity index (χ1n) is 5.33. The van der Waals surface area contributed by atoms with Gasteiger partial charge in [-0.05, 0) is 25.0 Å². The van der Waals surface area contributed by atoms with Gasteiger partial charge in [-0.15, -0.1) is 0 Å². The van der Waals surface area contributed by atoms with Gasteiger partial charge in [0.2, 0.25) is 0 Å². The molecule has 0 heterocycles. The van der Waals surface area contributed by atoms with Gasteiger partial charge in [0.15, 0.2) is 0 Å². The van der Waals surface area contributed by atoms with Crippen LogP contribution in [0.5, 0.6) is 11.5 Å². The maximum absolute atomic E-state index is 9.12. The zero-order valence-corrected chi connectivity index (χ0v) is 9.48. The second kappa shape index (κ2) is 7.09. The van der Waals surface area contributed by atoms with Crippen LogP contribution in [0.2, 0.25) is 0 Å². The first-order chi connectivity index (χ1) is 7.81. The average Bonchev–Trinajstić information content (AvgIpc) is 2.34. The smallest absolute Gasteiger partial charge is 0.128 e. The van der Waals surface area contributed by atoms with Gasteiger partial charge in [-0.2, -0.15) is 0 Å². The molecule has 90 valence electrons. The van der Waals surface area contributed by atoms with Crippen LogP contribution < -0.4 is 9.47 Å². The van der Waals surface area contributed by atoms with E-state index in [9.17, 15) is 0 Å². The van der Waals surface area contributed by atoms with Crippen LogP contribution in [0.3, 0.4) is 0 Å². The fourth-order valence-corrected chi connectivity index (χ4v) is 1.32. The second-order valence-electron chi connectivity index (χ2n) is 3.41. The Morgan fingerprint density at radius 2 is 2.00 bits per heavy atom. The molecule has 1 aromatic rings. The number of hydrogen-bond donors (Lipinski definition) is 2. The van der Waals surface area contributed by atoms with E-state index < -0.39 is 0 Å². The Balaban J connectivity index is 2.60. The van der Waals surface area contributed by atoms with Crippen molar-refractivity contribution in [3.63, 3.8) is 0 Å². The summed E-state index contributed by atoms with van der Waals surface area (Å²) in [7, 11) is 1.59. The van der Waals surface area contributed by atoms with Crippen molar-refractivity contribution in [1.82, 2.24) is 0 Å². The molecule has 0 aromatic heterocycles. The summed E-state index contributed by atoms with van der Waals surface area (Å²) in [5.41, 5.74) is 0.741. The zero-order valence-electron chi connectivity index (χ0n) is 9.48. The van der Waals surface area contributed by atoms with Crippen LogP contribution in [0.4, 0.5) is 0 Å². The van der Waals surface area contributed by atoms with E-state index in [2.05, 4.69) is 0 Å². The molecule has 0 amide bonds.